The van der Waals surface area contributed by atoms with Crippen molar-refractivity contribution in [2.45, 2.75) is 13.8 Å². The molecule has 0 unspecified atom stereocenters. The summed E-state index contributed by atoms with van der Waals surface area (Å²) in [6.45, 7) is 4.04. The van der Waals surface area contributed by atoms with Gasteiger partial charge in [0.1, 0.15) is 5.52 Å². The van der Waals surface area contributed by atoms with Crippen LogP contribution in [0.4, 0.5) is 0 Å². The molecule has 0 aliphatic carbocycles. The van der Waals surface area contributed by atoms with E-state index >= 15 is 0 Å². The van der Waals surface area contributed by atoms with Crippen molar-refractivity contribution in [3.8, 4) is 0 Å². The zero-order chi connectivity index (χ0) is 9.59. The Bertz CT molecular complexity index is 473. The van der Waals surface area contributed by atoms with Gasteiger partial charge < -0.3 is 4.57 Å². The lowest BCUT2D eigenvalue weighted by Crippen LogP contribution is -1.93. The van der Waals surface area contributed by atoms with Gasteiger partial charge in [-0.2, -0.15) is 0 Å². The van der Waals surface area contributed by atoms with E-state index in [1.807, 2.05) is 25.5 Å². The molecule has 0 saturated carbocycles. The van der Waals surface area contributed by atoms with E-state index in [0.717, 1.165) is 26.9 Å². The Balaban J connectivity index is 2.96. The molecule has 0 saturated heterocycles. The molecule has 3 nitrogen and oxygen atoms in total. The summed E-state index contributed by atoms with van der Waals surface area (Å²) in [6, 6.07) is 0. The third kappa shape index (κ3) is 1.16. The molecule has 0 bridgehead atoms. The number of hydrogen-bond donors (Lipinski definition) is 0. The molecule has 0 aromatic carbocycles. The maximum absolute atomic E-state index is 4.45. The van der Waals surface area contributed by atoms with Gasteiger partial charge >= 0.3 is 0 Å². The number of hydrogen-bond acceptors (Lipinski definition) is 2. The van der Waals surface area contributed by atoms with E-state index in [9.17, 15) is 0 Å². The first kappa shape index (κ1) is 8.69. The highest BCUT2D eigenvalue weighted by atomic mass is 79.9. The number of fused-ring (bicyclic) bond motifs is 1. The molecule has 0 fully saturated rings. The molecule has 0 aliphatic rings. The van der Waals surface area contributed by atoms with Crippen molar-refractivity contribution in [2.24, 2.45) is 7.05 Å². The highest BCUT2D eigenvalue weighted by Gasteiger charge is 2.09. The smallest absolute Gasteiger partial charge is 0.160 e. The molecule has 0 spiro atoms. The van der Waals surface area contributed by atoms with Crippen molar-refractivity contribution in [3.05, 3.63) is 22.1 Å². The minimum atomic E-state index is 0.943. The lowest BCUT2D eigenvalue weighted by atomic mass is 10.2. The second-order valence-corrected chi connectivity index (χ2v) is 3.96. The molecular formula is C9H10BrN3. The van der Waals surface area contributed by atoms with Crippen LogP contribution in [0.3, 0.4) is 0 Å². The number of aryl methyl sites for hydroxylation is 3. The lowest BCUT2D eigenvalue weighted by molar-refractivity contribution is 0.926. The molecule has 0 radical (unpaired) electrons. The van der Waals surface area contributed by atoms with E-state index in [1.165, 1.54) is 0 Å². The first-order chi connectivity index (χ1) is 6.11. The topological polar surface area (TPSA) is 30.7 Å². The Kier molecular flexibility index (Phi) is 1.87. The number of halogens is 1. The van der Waals surface area contributed by atoms with Crippen LogP contribution in [0.5, 0.6) is 0 Å². The molecule has 2 heterocycles. The van der Waals surface area contributed by atoms with E-state index in [0.29, 0.717) is 0 Å². The maximum atomic E-state index is 4.45. The SMILES string of the molecule is Cc1nc2c(ncn2C)c(C)c1Br. The molecule has 2 aromatic rings. The Hall–Kier alpha value is -0.900. The summed E-state index contributed by atoms with van der Waals surface area (Å²) in [5, 5.41) is 0. The van der Waals surface area contributed by atoms with Crippen molar-refractivity contribution in [3.63, 3.8) is 0 Å². The average molecular weight is 240 g/mol. The highest BCUT2D eigenvalue weighted by molar-refractivity contribution is 9.10. The van der Waals surface area contributed by atoms with Crippen LogP contribution in [0, 0.1) is 13.8 Å². The number of imidazole rings is 1. The van der Waals surface area contributed by atoms with E-state index in [4.69, 9.17) is 0 Å². The van der Waals surface area contributed by atoms with Gasteiger partial charge in [-0.3, -0.25) is 0 Å². The van der Waals surface area contributed by atoms with Gasteiger partial charge in [-0.25, -0.2) is 9.97 Å². The molecule has 2 aromatic heterocycles. The van der Waals surface area contributed by atoms with Gasteiger partial charge in [-0.15, -0.1) is 0 Å². The number of aromatic nitrogens is 3. The predicted molar refractivity (Wildman–Crippen MR) is 55.7 cm³/mol. The largest absolute Gasteiger partial charge is 0.318 e. The van der Waals surface area contributed by atoms with Crippen LogP contribution in [-0.4, -0.2) is 14.5 Å². The highest BCUT2D eigenvalue weighted by Crippen LogP contribution is 2.25. The second-order valence-electron chi connectivity index (χ2n) is 3.16. The van der Waals surface area contributed by atoms with Crippen LogP contribution in [0.2, 0.25) is 0 Å². The molecule has 0 amide bonds. The van der Waals surface area contributed by atoms with Gasteiger partial charge in [0.25, 0.3) is 0 Å². The van der Waals surface area contributed by atoms with Crippen LogP contribution < -0.4 is 0 Å². The normalized spacial score (nSPS) is 11.1. The van der Waals surface area contributed by atoms with Gasteiger partial charge in [0.05, 0.1) is 12.0 Å². The van der Waals surface area contributed by atoms with E-state index in [2.05, 4.69) is 25.9 Å². The standard InChI is InChI=1S/C9H10BrN3/c1-5-7(10)6(2)12-9-8(5)11-4-13(9)3/h4H,1-3H3. The monoisotopic (exact) mass is 239 g/mol. The lowest BCUT2D eigenvalue weighted by Gasteiger charge is -2.03. The van der Waals surface area contributed by atoms with Crippen LogP contribution in [0.25, 0.3) is 11.2 Å². The molecule has 0 aliphatic heterocycles. The third-order valence-corrected chi connectivity index (χ3v) is 3.35. The zero-order valence-corrected chi connectivity index (χ0v) is 9.38. The summed E-state index contributed by atoms with van der Waals surface area (Å²) in [5.74, 6) is 0. The molecule has 68 valence electrons. The second kappa shape index (κ2) is 2.80. The zero-order valence-electron chi connectivity index (χ0n) is 7.80. The third-order valence-electron chi connectivity index (χ3n) is 2.18. The minimum Gasteiger partial charge on any atom is -0.318 e. The molecular weight excluding hydrogens is 230 g/mol. The summed E-state index contributed by atoms with van der Waals surface area (Å²) in [7, 11) is 1.95. The molecule has 2 rings (SSSR count). The first-order valence-electron chi connectivity index (χ1n) is 4.05. The number of pyridine rings is 1. The van der Waals surface area contributed by atoms with Gasteiger partial charge in [-0.1, -0.05) is 0 Å². The molecule has 0 N–H and O–H groups in total. The fourth-order valence-corrected chi connectivity index (χ4v) is 1.68. The summed E-state index contributed by atoms with van der Waals surface area (Å²) in [4.78, 5) is 8.74. The number of nitrogens with zero attached hydrogens (tertiary/aromatic N) is 3. The predicted octanol–water partition coefficient (Wildman–Crippen LogP) is 2.35. The molecule has 4 heteroatoms. The fraction of sp³-hybridized carbons (Fsp3) is 0.333. The van der Waals surface area contributed by atoms with Gasteiger partial charge in [0, 0.05) is 11.5 Å². The average Bonchev–Trinajstić information content (AvgIpc) is 2.45. The maximum Gasteiger partial charge on any atom is 0.160 e. The van der Waals surface area contributed by atoms with Crippen molar-refractivity contribution < 1.29 is 0 Å². The van der Waals surface area contributed by atoms with Crippen molar-refractivity contribution in [2.75, 3.05) is 0 Å². The van der Waals surface area contributed by atoms with Crippen molar-refractivity contribution >= 4 is 27.1 Å². The summed E-state index contributed by atoms with van der Waals surface area (Å²) in [5.41, 5.74) is 4.08. The van der Waals surface area contributed by atoms with Crippen molar-refractivity contribution in [1.29, 1.82) is 0 Å². The van der Waals surface area contributed by atoms with Crippen LogP contribution in [-0.2, 0) is 7.05 Å². The summed E-state index contributed by atoms with van der Waals surface area (Å²) >= 11 is 3.50. The quantitative estimate of drug-likeness (QED) is 0.707. The number of rotatable bonds is 0. The van der Waals surface area contributed by atoms with Gasteiger partial charge in [0.15, 0.2) is 5.65 Å². The Morgan fingerprint density at radius 3 is 2.77 bits per heavy atom. The van der Waals surface area contributed by atoms with E-state index in [1.54, 1.807) is 6.33 Å². The first-order valence-corrected chi connectivity index (χ1v) is 4.84. The van der Waals surface area contributed by atoms with E-state index in [-0.39, 0.29) is 0 Å². The molecule has 0 atom stereocenters. The van der Waals surface area contributed by atoms with Gasteiger partial charge in [-0.05, 0) is 35.3 Å². The van der Waals surface area contributed by atoms with Crippen LogP contribution in [0.15, 0.2) is 10.8 Å². The summed E-state index contributed by atoms with van der Waals surface area (Å²) in [6.07, 6.45) is 1.79. The minimum absolute atomic E-state index is 0.943. The Morgan fingerprint density at radius 1 is 1.38 bits per heavy atom. The fourth-order valence-electron chi connectivity index (χ4n) is 1.40. The molecule has 13 heavy (non-hydrogen) atoms. The summed E-state index contributed by atoms with van der Waals surface area (Å²) < 4.78 is 2.99. The van der Waals surface area contributed by atoms with Crippen molar-refractivity contribution in [1.82, 2.24) is 14.5 Å². The van der Waals surface area contributed by atoms with E-state index < -0.39 is 0 Å². The van der Waals surface area contributed by atoms with Crippen LogP contribution >= 0.6 is 15.9 Å². The Labute approximate surface area is 84.9 Å². The van der Waals surface area contributed by atoms with Gasteiger partial charge in [0.2, 0.25) is 0 Å². The Morgan fingerprint density at radius 2 is 2.08 bits per heavy atom. The van der Waals surface area contributed by atoms with Crippen LogP contribution in [0.1, 0.15) is 11.3 Å².